The number of nitro groups is 1. The molecule has 0 bridgehead atoms. The molecule has 0 unspecified atom stereocenters. The van der Waals surface area contributed by atoms with Crippen LogP contribution in [-0.2, 0) is 0 Å². The fourth-order valence-corrected chi connectivity index (χ4v) is 1.80. The van der Waals surface area contributed by atoms with Crippen molar-refractivity contribution in [2.24, 2.45) is 0 Å². The van der Waals surface area contributed by atoms with E-state index in [1.807, 2.05) is 0 Å². The Bertz CT molecular complexity index is 613. The standard InChI is InChI=1S/C14H12FNO3/c1-2-19-14-9-10(16(17)18)7-8-12(14)11-5-3-4-6-13(11)15/h3-9H,2H2,1H3. The maximum absolute atomic E-state index is 13.8. The van der Waals surface area contributed by atoms with Crippen LogP contribution in [-0.4, -0.2) is 11.5 Å². The highest BCUT2D eigenvalue weighted by Gasteiger charge is 2.15. The third kappa shape index (κ3) is 2.70. The molecule has 19 heavy (non-hydrogen) atoms. The highest BCUT2D eigenvalue weighted by molar-refractivity contribution is 5.72. The van der Waals surface area contributed by atoms with Gasteiger partial charge in [-0.25, -0.2) is 4.39 Å². The summed E-state index contributed by atoms with van der Waals surface area (Å²) >= 11 is 0. The summed E-state index contributed by atoms with van der Waals surface area (Å²) < 4.78 is 19.1. The van der Waals surface area contributed by atoms with E-state index in [0.717, 1.165) is 0 Å². The van der Waals surface area contributed by atoms with Gasteiger partial charge in [0.25, 0.3) is 5.69 Å². The van der Waals surface area contributed by atoms with Gasteiger partial charge in [-0.2, -0.15) is 0 Å². The minimum atomic E-state index is -0.506. The number of hydrogen-bond acceptors (Lipinski definition) is 3. The summed E-state index contributed by atoms with van der Waals surface area (Å²) in [7, 11) is 0. The highest BCUT2D eigenvalue weighted by Crippen LogP contribution is 2.34. The predicted octanol–water partition coefficient (Wildman–Crippen LogP) is 3.80. The van der Waals surface area contributed by atoms with Gasteiger partial charge in [-0.1, -0.05) is 18.2 Å². The first kappa shape index (κ1) is 13.0. The van der Waals surface area contributed by atoms with Crippen LogP contribution >= 0.6 is 0 Å². The molecule has 0 saturated heterocycles. The molecule has 5 heteroatoms. The third-order valence-electron chi connectivity index (χ3n) is 2.64. The molecule has 2 rings (SSSR count). The Labute approximate surface area is 109 Å². The molecular formula is C14H12FNO3. The van der Waals surface area contributed by atoms with Crippen molar-refractivity contribution in [1.29, 1.82) is 0 Å². The van der Waals surface area contributed by atoms with Crippen molar-refractivity contribution in [2.75, 3.05) is 6.61 Å². The lowest BCUT2D eigenvalue weighted by Gasteiger charge is -2.10. The van der Waals surface area contributed by atoms with Gasteiger partial charge in [0.2, 0.25) is 0 Å². The minimum absolute atomic E-state index is 0.0801. The topological polar surface area (TPSA) is 52.4 Å². The molecule has 0 aliphatic heterocycles. The molecule has 0 aromatic heterocycles. The highest BCUT2D eigenvalue weighted by atomic mass is 19.1. The molecular weight excluding hydrogens is 249 g/mol. The van der Waals surface area contributed by atoms with E-state index in [-0.39, 0.29) is 5.69 Å². The molecule has 0 spiro atoms. The number of halogens is 1. The van der Waals surface area contributed by atoms with Crippen LogP contribution < -0.4 is 4.74 Å². The van der Waals surface area contributed by atoms with E-state index in [1.165, 1.54) is 24.3 Å². The number of benzene rings is 2. The van der Waals surface area contributed by atoms with Crippen LogP contribution in [0.1, 0.15) is 6.92 Å². The van der Waals surface area contributed by atoms with E-state index in [2.05, 4.69) is 0 Å². The van der Waals surface area contributed by atoms with Crippen LogP contribution in [0.25, 0.3) is 11.1 Å². The Morgan fingerprint density at radius 1 is 1.21 bits per heavy atom. The lowest BCUT2D eigenvalue weighted by atomic mass is 10.0. The normalized spacial score (nSPS) is 10.2. The van der Waals surface area contributed by atoms with Gasteiger partial charge in [0.15, 0.2) is 0 Å². The molecule has 0 fully saturated rings. The van der Waals surface area contributed by atoms with E-state index in [4.69, 9.17) is 4.74 Å². The molecule has 2 aromatic carbocycles. The van der Waals surface area contributed by atoms with Gasteiger partial charge in [-0.05, 0) is 19.1 Å². The molecule has 4 nitrogen and oxygen atoms in total. The second-order valence-electron chi connectivity index (χ2n) is 3.85. The van der Waals surface area contributed by atoms with Gasteiger partial charge in [0.05, 0.1) is 17.6 Å². The van der Waals surface area contributed by atoms with Crippen molar-refractivity contribution in [3.8, 4) is 16.9 Å². The number of nitrogens with zero attached hydrogens (tertiary/aromatic N) is 1. The van der Waals surface area contributed by atoms with Crippen molar-refractivity contribution in [3.63, 3.8) is 0 Å². The van der Waals surface area contributed by atoms with Crippen LogP contribution in [0.3, 0.4) is 0 Å². The van der Waals surface area contributed by atoms with Crippen LogP contribution in [0.15, 0.2) is 42.5 Å². The van der Waals surface area contributed by atoms with Crippen molar-refractivity contribution in [1.82, 2.24) is 0 Å². The average Bonchev–Trinajstić information content (AvgIpc) is 2.40. The summed E-state index contributed by atoms with van der Waals surface area (Å²) in [5.74, 6) is -0.0842. The zero-order valence-electron chi connectivity index (χ0n) is 10.3. The van der Waals surface area contributed by atoms with Crippen molar-refractivity contribution >= 4 is 5.69 Å². The molecule has 0 amide bonds. The Balaban J connectivity index is 2.57. The molecule has 0 N–H and O–H groups in total. The van der Waals surface area contributed by atoms with Gasteiger partial charge >= 0.3 is 0 Å². The van der Waals surface area contributed by atoms with Crippen molar-refractivity contribution in [2.45, 2.75) is 6.92 Å². The van der Waals surface area contributed by atoms with Crippen LogP contribution in [0.5, 0.6) is 5.75 Å². The lowest BCUT2D eigenvalue weighted by molar-refractivity contribution is -0.384. The summed E-state index contributed by atoms with van der Waals surface area (Å²) in [4.78, 5) is 10.2. The first-order valence-electron chi connectivity index (χ1n) is 5.79. The van der Waals surface area contributed by atoms with Gasteiger partial charge in [0, 0.05) is 17.2 Å². The first-order valence-corrected chi connectivity index (χ1v) is 5.79. The number of ether oxygens (including phenoxy) is 1. The molecule has 98 valence electrons. The van der Waals surface area contributed by atoms with E-state index >= 15 is 0 Å². The van der Waals surface area contributed by atoms with Gasteiger partial charge in [0.1, 0.15) is 11.6 Å². The number of hydrogen-bond donors (Lipinski definition) is 0. The maximum atomic E-state index is 13.8. The average molecular weight is 261 g/mol. The third-order valence-corrected chi connectivity index (χ3v) is 2.64. The lowest BCUT2D eigenvalue weighted by Crippen LogP contribution is -1.97. The summed E-state index contributed by atoms with van der Waals surface area (Å²) in [6, 6.07) is 10.4. The van der Waals surface area contributed by atoms with E-state index in [9.17, 15) is 14.5 Å². The Kier molecular flexibility index (Phi) is 3.75. The maximum Gasteiger partial charge on any atom is 0.273 e. The second kappa shape index (κ2) is 5.48. The summed E-state index contributed by atoms with van der Waals surface area (Å²) in [6.45, 7) is 2.12. The van der Waals surface area contributed by atoms with E-state index in [0.29, 0.717) is 23.5 Å². The quantitative estimate of drug-likeness (QED) is 0.621. The van der Waals surface area contributed by atoms with Crippen LogP contribution in [0.4, 0.5) is 10.1 Å². The number of nitro benzene ring substituents is 1. The molecule has 2 aromatic rings. The van der Waals surface area contributed by atoms with Gasteiger partial charge in [-0.3, -0.25) is 10.1 Å². The Morgan fingerprint density at radius 2 is 1.95 bits per heavy atom. The number of rotatable bonds is 4. The van der Waals surface area contributed by atoms with E-state index in [1.54, 1.807) is 25.1 Å². The SMILES string of the molecule is CCOc1cc([N+](=O)[O-])ccc1-c1ccccc1F. The summed E-state index contributed by atoms with van der Waals surface area (Å²) in [6.07, 6.45) is 0. The van der Waals surface area contributed by atoms with Crippen molar-refractivity contribution in [3.05, 3.63) is 58.4 Å². The fraction of sp³-hybridized carbons (Fsp3) is 0.143. The molecule has 0 saturated carbocycles. The van der Waals surface area contributed by atoms with Crippen LogP contribution in [0.2, 0.25) is 0 Å². The van der Waals surface area contributed by atoms with Gasteiger partial charge < -0.3 is 4.74 Å². The summed E-state index contributed by atoms with van der Waals surface area (Å²) in [5, 5.41) is 10.7. The van der Waals surface area contributed by atoms with Gasteiger partial charge in [-0.15, -0.1) is 0 Å². The molecule has 0 aliphatic rings. The molecule has 0 heterocycles. The molecule has 0 radical (unpaired) electrons. The molecule has 0 aliphatic carbocycles. The van der Waals surface area contributed by atoms with Crippen molar-refractivity contribution < 1.29 is 14.1 Å². The Hall–Kier alpha value is -2.43. The van der Waals surface area contributed by atoms with Crippen LogP contribution in [0, 0.1) is 15.9 Å². The summed E-state index contributed by atoms with van der Waals surface area (Å²) in [5.41, 5.74) is 0.787. The monoisotopic (exact) mass is 261 g/mol. The zero-order chi connectivity index (χ0) is 13.8. The predicted molar refractivity (Wildman–Crippen MR) is 69.7 cm³/mol. The Morgan fingerprint density at radius 3 is 2.58 bits per heavy atom. The van der Waals surface area contributed by atoms with E-state index < -0.39 is 10.7 Å². The number of non-ortho nitro benzene ring substituents is 1. The fourth-order valence-electron chi connectivity index (χ4n) is 1.80. The second-order valence-corrected chi connectivity index (χ2v) is 3.85. The smallest absolute Gasteiger partial charge is 0.273 e. The molecule has 0 atom stereocenters. The zero-order valence-corrected chi connectivity index (χ0v) is 10.3. The minimum Gasteiger partial charge on any atom is -0.493 e. The first-order chi connectivity index (χ1) is 9.13. The largest absolute Gasteiger partial charge is 0.493 e.